The van der Waals surface area contributed by atoms with Crippen molar-refractivity contribution in [3.63, 3.8) is 0 Å². The highest BCUT2D eigenvalue weighted by molar-refractivity contribution is 7.87. The Balaban J connectivity index is 1.47. The number of benzene rings is 6. The van der Waals surface area contributed by atoms with Crippen LogP contribution in [0.25, 0.3) is 32.7 Å². The average molecular weight is 1250 g/mol. The van der Waals surface area contributed by atoms with Gasteiger partial charge in [-0.05, 0) is 126 Å². The predicted molar refractivity (Wildman–Crippen MR) is 283 cm³/mol. The smallest absolute Gasteiger partial charge is 0.321 e. The van der Waals surface area contributed by atoms with Crippen LogP contribution < -0.4 is 9.47 Å². The van der Waals surface area contributed by atoms with Crippen LogP contribution in [0.4, 0.5) is 35.1 Å². The van der Waals surface area contributed by atoms with Crippen molar-refractivity contribution < 1.29 is 116 Å². The van der Waals surface area contributed by atoms with E-state index in [1.807, 2.05) is 0 Å². The summed E-state index contributed by atoms with van der Waals surface area (Å²) in [6, 6.07) is 8.78. The molecule has 0 spiro atoms. The highest BCUT2D eigenvalue weighted by atomic mass is 32.2. The summed E-state index contributed by atoms with van der Waals surface area (Å²) < 4.78 is 263. The summed E-state index contributed by atoms with van der Waals surface area (Å²) in [5.74, 6) is -30.3. The van der Waals surface area contributed by atoms with Crippen molar-refractivity contribution in [3.05, 3.63) is 113 Å². The highest BCUT2D eigenvalue weighted by Gasteiger charge is 2.37. The van der Waals surface area contributed by atoms with Gasteiger partial charge in [-0.3, -0.25) is 17.3 Å². The summed E-state index contributed by atoms with van der Waals surface area (Å²) in [6.45, 7) is 12.0. The van der Waals surface area contributed by atoms with Crippen molar-refractivity contribution >= 4 is 64.2 Å². The summed E-state index contributed by atoms with van der Waals surface area (Å²) in [7, 11) is -14.3. The van der Waals surface area contributed by atoms with Gasteiger partial charge in [-0.2, -0.15) is 42.8 Å². The first-order valence-electron chi connectivity index (χ1n) is 25.6. The molecule has 0 N–H and O–H groups in total. The lowest BCUT2D eigenvalue weighted by Crippen LogP contribution is -2.25. The predicted octanol–water partition coefficient (Wildman–Crippen LogP) is 11.0. The molecule has 5 unspecified atom stereocenters. The number of ether oxygens (including phenoxy) is 7. The summed E-state index contributed by atoms with van der Waals surface area (Å²) >= 11 is 0. The molecule has 84 heavy (non-hydrogen) atoms. The van der Waals surface area contributed by atoms with Crippen molar-refractivity contribution in [2.45, 2.75) is 100 Å². The van der Waals surface area contributed by atoms with E-state index in [4.69, 9.17) is 45.7 Å². The van der Waals surface area contributed by atoms with Gasteiger partial charge in [-0.15, -0.1) is 0 Å². The molecule has 6 aromatic rings. The number of aldehydes is 1. The third kappa shape index (κ3) is 15.2. The zero-order valence-electron chi connectivity index (χ0n) is 46.0. The Morgan fingerprint density at radius 3 is 1.15 bits per heavy atom. The fourth-order valence-electron chi connectivity index (χ4n) is 8.10. The monoisotopic (exact) mass is 1250 g/mol. The van der Waals surface area contributed by atoms with Crippen LogP contribution in [0.1, 0.15) is 66.9 Å². The van der Waals surface area contributed by atoms with Gasteiger partial charge in [-0.1, -0.05) is 0 Å². The summed E-state index contributed by atoms with van der Waals surface area (Å²) in [5.41, 5.74) is -5.17. The minimum absolute atomic E-state index is 0.0757. The van der Waals surface area contributed by atoms with E-state index in [1.165, 1.54) is 27.7 Å². The second kappa shape index (κ2) is 28.2. The van der Waals surface area contributed by atoms with Gasteiger partial charge in [0.1, 0.15) is 29.8 Å². The van der Waals surface area contributed by atoms with Crippen LogP contribution in [0.3, 0.4) is 0 Å². The van der Waals surface area contributed by atoms with Gasteiger partial charge in [0.15, 0.2) is 23.3 Å². The zero-order chi connectivity index (χ0) is 62.2. The van der Waals surface area contributed by atoms with Gasteiger partial charge in [0.25, 0.3) is 30.4 Å². The minimum Gasteiger partial charge on any atom is -0.459 e. The Morgan fingerprint density at radius 1 is 0.452 bits per heavy atom. The van der Waals surface area contributed by atoms with Crippen LogP contribution in [0.15, 0.2) is 75.4 Å². The maximum absolute atomic E-state index is 16.3. The molecule has 0 saturated heterocycles. The van der Waals surface area contributed by atoms with Crippen molar-refractivity contribution in [1.29, 1.82) is 0 Å². The molecular formula is C55H56F8O18S3. The van der Waals surface area contributed by atoms with Gasteiger partial charge in [0.05, 0.1) is 70.6 Å². The maximum atomic E-state index is 16.3. The van der Waals surface area contributed by atoms with Gasteiger partial charge >= 0.3 is 5.97 Å². The zero-order valence-corrected chi connectivity index (χ0v) is 48.4. The first-order chi connectivity index (χ1) is 39.5. The van der Waals surface area contributed by atoms with E-state index in [2.05, 4.69) is 0 Å². The number of esters is 1. The van der Waals surface area contributed by atoms with E-state index in [1.54, 1.807) is 27.7 Å². The second-order valence-corrected chi connectivity index (χ2v) is 23.1. The van der Waals surface area contributed by atoms with Crippen molar-refractivity contribution in [3.8, 4) is 34.1 Å². The Kier molecular flexibility index (Phi) is 22.4. The van der Waals surface area contributed by atoms with E-state index in [0.717, 1.165) is 54.6 Å². The van der Waals surface area contributed by atoms with E-state index < -0.39 is 168 Å². The molecule has 6 aromatic carbocycles. The molecule has 5 atom stereocenters. The van der Waals surface area contributed by atoms with Crippen molar-refractivity contribution in [2.24, 2.45) is 0 Å². The van der Waals surface area contributed by atoms with Crippen LogP contribution >= 0.6 is 0 Å². The number of fused-ring (bicyclic) bond motifs is 2. The van der Waals surface area contributed by atoms with E-state index >= 15 is 35.1 Å². The van der Waals surface area contributed by atoms with Gasteiger partial charge in [0, 0.05) is 43.3 Å². The summed E-state index contributed by atoms with van der Waals surface area (Å²) in [6.07, 6.45) is -4.14. The lowest BCUT2D eigenvalue weighted by molar-refractivity contribution is -0.153. The van der Waals surface area contributed by atoms with Crippen LogP contribution in [0, 0.1) is 46.5 Å². The molecule has 0 aliphatic carbocycles. The quantitative estimate of drug-likeness (QED) is 0.0102. The number of carbonyl (C=O) groups is 2. The molecule has 0 saturated carbocycles. The third-order valence-corrected chi connectivity index (χ3v) is 16.1. The Morgan fingerprint density at radius 2 is 0.786 bits per heavy atom. The molecule has 0 aliphatic heterocycles. The lowest BCUT2D eigenvalue weighted by atomic mass is 9.96. The summed E-state index contributed by atoms with van der Waals surface area (Å²) in [4.78, 5) is 23.8. The Labute approximate surface area is 478 Å². The molecule has 0 aromatic heterocycles. The van der Waals surface area contributed by atoms with Gasteiger partial charge in [0.2, 0.25) is 34.8 Å². The minimum atomic E-state index is -4.96. The van der Waals surface area contributed by atoms with Crippen LogP contribution in [0.5, 0.6) is 23.0 Å². The Bertz CT molecular complexity index is 3710. The van der Waals surface area contributed by atoms with E-state index in [0.29, 0.717) is 6.07 Å². The molecule has 6 rings (SSSR count). The first-order valence-corrected chi connectivity index (χ1v) is 29.8. The molecule has 0 heterocycles. The highest BCUT2D eigenvalue weighted by Crippen LogP contribution is 2.46. The molecule has 0 radical (unpaired) electrons. The van der Waals surface area contributed by atoms with E-state index in [-0.39, 0.29) is 80.7 Å². The van der Waals surface area contributed by atoms with Crippen molar-refractivity contribution in [2.75, 3.05) is 52.9 Å². The lowest BCUT2D eigenvalue weighted by Gasteiger charge is -2.19. The van der Waals surface area contributed by atoms with Gasteiger partial charge in [-0.25, -0.2) is 17.6 Å². The van der Waals surface area contributed by atoms with Crippen LogP contribution in [-0.2, 0) is 76.2 Å². The fourth-order valence-corrected chi connectivity index (χ4v) is 11.4. The van der Waals surface area contributed by atoms with Crippen LogP contribution in [0.2, 0.25) is 0 Å². The average Bonchev–Trinajstić information content (AvgIpc) is 1.36. The number of hydrogen-bond acceptors (Lipinski definition) is 18. The molecular weight excluding hydrogens is 1200 g/mol. The largest absolute Gasteiger partial charge is 0.459 e. The molecule has 18 nitrogen and oxygen atoms in total. The number of rotatable bonds is 30. The number of carbonyl (C=O) groups excluding carboxylic acids is 2. The van der Waals surface area contributed by atoms with E-state index in [9.17, 15) is 34.8 Å². The first kappa shape index (κ1) is 66.7. The number of halogens is 8. The third-order valence-electron chi connectivity index (χ3n) is 11.9. The standard InChI is InChI=1S/C55H56F8O18S3/c1-9-72-24-28(5)76-55(65)40(23-64)33-17-32-18-35(82(66,67)79-29(6)25-73-10-2)13-15-38(32)41(21-33)77-53-49(60)45(56)43(46(57)50(53)61)44-47(58)51(62)54(52(63)48(44)59)78-42-22-37(84(70,71)81-31(8)27-75-12-4)20-34-19-36(14-16-39(34)42)83(68,69)80-30(7)26-74-11-3/h13-23,28-31,40H,9-12,24-27H2,1-8H3. The summed E-state index contributed by atoms with van der Waals surface area (Å²) in [5, 5.41) is -1.35. The molecule has 29 heteroatoms. The molecule has 458 valence electrons. The normalized spacial score (nSPS) is 14.1. The topological polar surface area (TPSA) is 229 Å². The molecule has 0 fully saturated rings. The molecule has 0 bridgehead atoms. The number of hydrogen-bond donors (Lipinski definition) is 0. The fraction of sp³-hybridized carbons (Fsp3) is 0.382. The maximum Gasteiger partial charge on any atom is 0.321 e. The Hall–Kier alpha value is -6.41. The molecule has 0 amide bonds. The SMILES string of the molecule is CCOCC(C)OC(=O)C(C=O)c1cc(Oc2c(F)c(F)c(-c3c(F)c(F)c(Oc4cc(S(=O)(=O)OC(C)COCC)cc5cc(S(=O)(=O)OC(C)COCC)ccc45)c(F)c3F)c(F)c2F)c2ccc(S(=O)(=O)OC(C)COCC)cc2c1. The van der Waals surface area contributed by atoms with Gasteiger partial charge < -0.3 is 38.0 Å². The van der Waals surface area contributed by atoms with Crippen LogP contribution in [-0.4, -0.2) is 115 Å². The van der Waals surface area contributed by atoms with Crippen molar-refractivity contribution in [1.82, 2.24) is 0 Å². The molecule has 0 aliphatic rings. The second-order valence-electron chi connectivity index (χ2n) is 18.4.